The largest absolute Gasteiger partial charge is 0.264 e. The lowest BCUT2D eigenvalue weighted by atomic mass is 10.3. The number of rotatable bonds is 3. The summed E-state index contributed by atoms with van der Waals surface area (Å²) in [5.74, 6) is 1.03. The van der Waals surface area contributed by atoms with Crippen molar-refractivity contribution in [3.8, 4) is 0 Å². The molecule has 0 spiro atoms. The van der Waals surface area contributed by atoms with Crippen LogP contribution in [0.25, 0.3) is 0 Å². The number of hydrogen-bond donors (Lipinski definition) is 0. The Kier molecular flexibility index (Phi) is 3.12. The van der Waals surface area contributed by atoms with Crippen molar-refractivity contribution in [2.75, 3.05) is 12.8 Å². The molecular formula is C8H14N2S. The minimum Gasteiger partial charge on any atom is -0.264 e. The normalized spacial score (nSPS) is 19.5. The van der Waals surface area contributed by atoms with Gasteiger partial charge >= 0.3 is 0 Å². The van der Waals surface area contributed by atoms with E-state index in [9.17, 15) is 0 Å². The summed E-state index contributed by atoms with van der Waals surface area (Å²) >= 11 is 1.86. The Morgan fingerprint density at radius 1 is 1.64 bits per heavy atom. The number of nitrogens with zero attached hydrogens (tertiary/aromatic N) is 2. The van der Waals surface area contributed by atoms with Crippen LogP contribution < -0.4 is 0 Å². The molecule has 0 fully saturated rings. The third-order valence-corrected chi connectivity index (χ3v) is 2.65. The van der Waals surface area contributed by atoms with Gasteiger partial charge in [0.2, 0.25) is 0 Å². The molecule has 0 N–H and O–H groups in total. The zero-order valence-corrected chi connectivity index (χ0v) is 8.11. The fourth-order valence-corrected chi connectivity index (χ4v) is 1.26. The summed E-state index contributed by atoms with van der Waals surface area (Å²) in [6, 6.07) is 0. The van der Waals surface area contributed by atoms with Crippen LogP contribution in [0.15, 0.2) is 9.98 Å². The number of hydrogen-bond acceptors (Lipinski definition) is 3. The maximum Gasteiger partial charge on any atom is 0.124 e. The first-order valence-electron chi connectivity index (χ1n) is 3.82. The molecule has 1 unspecified atom stereocenters. The lowest BCUT2D eigenvalue weighted by Crippen LogP contribution is -2.02. The summed E-state index contributed by atoms with van der Waals surface area (Å²) < 4.78 is 0. The van der Waals surface area contributed by atoms with Gasteiger partial charge in [-0.1, -0.05) is 6.92 Å². The van der Waals surface area contributed by atoms with Crippen molar-refractivity contribution in [1.82, 2.24) is 0 Å². The van der Waals surface area contributed by atoms with E-state index >= 15 is 0 Å². The first-order valence-corrected chi connectivity index (χ1v) is 5.11. The van der Waals surface area contributed by atoms with E-state index < -0.39 is 0 Å². The summed E-state index contributed by atoms with van der Waals surface area (Å²) in [6.07, 6.45) is 3.13. The van der Waals surface area contributed by atoms with Crippen LogP contribution in [0.4, 0.5) is 0 Å². The molecule has 0 aliphatic carbocycles. The molecule has 0 saturated heterocycles. The summed E-state index contributed by atoms with van der Waals surface area (Å²) in [7, 11) is 0. The van der Waals surface area contributed by atoms with Crippen molar-refractivity contribution in [3.63, 3.8) is 0 Å². The molecule has 1 atom stereocenters. The first kappa shape index (κ1) is 8.78. The van der Waals surface area contributed by atoms with Crippen LogP contribution in [-0.4, -0.2) is 29.6 Å². The van der Waals surface area contributed by atoms with Crippen molar-refractivity contribution in [2.45, 2.75) is 25.5 Å². The Morgan fingerprint density at radius 3 is 2.82 bits per heavy atom. The van der Waals surface area contributed by atoms with Gasteiger partial charge < -0.3 is 0 Å². The molecular weight excluding hydrogens is 156 g/mol. The topological polar surface area (TPSA) is 24.7 Å². The molecule has 0 amide bonds. The van der Waals surface area contributed by atoms with E-state index in [2.05, 4.69) is 23.2 Å². The van der Waals surface area contributed by atoms with Gasteiger partial charge in [0.15, 0.2) is 0 Å². The Labute approximate surface area is 72.2 Å². The van der Waals surface area contributed by atoms with E-state index in [0.717, 1.165) is 24.5 Å². The molecule has 2 nitrogen and oxygen atoms in total. The molecule has 0 radical (unpaired) electrons. The standard InChI is InChI=1S/C8H14N2S/c1-6-5-9-8(10-6)4-7(2)11-3/h7H,4-5H2,1-3H3. The number of aliphatic imine (C=N–C) groups is 2. The van der Waals surface area contributed by atoms with E-state index in [1.807, 2.05) is 18.7 Å². The fraction of sp³-hybridized carbons (Fsp3) is 0.750. The van der Waals surface area contributed by atoms with Gasteiger partial charge in [0, 0.05) is 17.4 Å². The van der Waals surface area contributed by atoms with Gasteiger partial charge in [-0.3, -0.25) is 4.99 Å². The molecule has 0 saturated carbocycles. The van der Waals surface area contributed by atoms with Gasteiger partial charge in [-0.05, 0) is 13.2 Å². The van der Waals surface area contributed by atoms with E-state index in [1.165, 1.54) is 0 Å². The quantitative estimate of drug-likeness (QED) is 0.636. The van der Waals surface area contributed by atoms with Crippen LogP contribution in [0.3, 0.4) is 0 Å². The highest BCUT2D eigenvalue weighted by Crippen LogP contribution is 2.12. The lowest BCUT2D eigenvalue weighted by molar-refractivity contribution is 1.01. The second-order valence-electron chi connectivity index (χ2n) is 2.83. The first-order chi connectivity index (χ1) is 5.22. The van der Waals surface area contributed by atoms with Crippen molar-refractivity contribution in [3.05, 3.63) is 0 Å². The minimum absolute atomic E-state index is 0.642. The van der Waals surface area contributed by atoms with Gasteiger partial charge in [0.25, 0.3) is 0 Å². The Hall–Kier alpha value is -0.310. The van der Waals surface area contributed by atoms with E-state index in [4.69, 9.17) is 0 Å². The highest BCUT2D eigenvalue weighted by Gasteiger charge is 2.09. The SMILES string of the molecule is CSC(C)CC1=NCC(C)=N1. The molecule has 1 rings (SSSR count). The van der Waals surface area contributed by atoms with Crippen LogP contribution in [0, 0.1) is 0 Å². The van der Waals surface area contributed by atoms with Gasteiger partial charge in [-0.25, -0.2) is 4.99 Å². The minimum atomic E-state index is 0.642. The predicted molar refractivity (Wildman–Crippen MR) is 53.0 cm³/mol. The highest BCUT2D eigenvalue weighted by atomic mass is 32.2. The molecule has 1 heterocycles. The maximum atomic E-state index is 4.33. The van der Waals surface area contributed by atoms with E-state index in [-0.39, 0.29) is 0 Å². The predicted octanol–water partition coefficient (Wildman–Crippen LogP) is 2.00. The molecule has 3 heteroatoms. The van der Waals surface area contributed by atoms with Crippen LogP contribution >= 0.6 is 11.8 Å². The van der Waals surface area contributed by atoms with Crippen LogP contribution in [0.1, 0.15) is 20.3 Å². The zero-order chi connectivity index (χ0) is 8.27. The molecule has 11 heavy (non-hydrogen) atoms. The third kappa shape index (κ3) is 2.66. The third-order valence-electron chi connectivity index (χ3n) is 1.68. The van der Waals surface area contributed by atoms with Crippen molar-refractivity contribution >= 4 is 23.3 Å². The average molecular weight is 170 g/mol. The summed E-state index contributed by atoms with van der Waals surface area (Å²) in [4.78, 5) is 8.63. The Morgan fingerprint density at radius 2 is 2.36 bits per heavy atom. The van der Waals surface area contributed by atoms with Gasteiger partial charge in [-0.2, -0.15) is 11.8 Å². The second-order valence-corrected chi connectivity index (χ2v) is 4.11. The highest BCUT2D eigenvalue weighted by molar-refractivity contribution is 7.99. The van der Waals surface area contributed by atoms with Crippen molar-refractivity contribution in [2.24, 2.45) is 9.98 Å². The zero-order valence-electron chi connectivity index (χ0n) is 7.29. The molecule has 0 aromatic rings. The average Bonchev–Trinajstić information content (AvgIpc) is 2.35. The van der Waals surface area contributed by atoms with Gasteiger partial charge in [0.1, 0.15) is 5.84 Å². The Balaban J connectivity index is 2.39. The molecule has 0 aromatic heterocycles. The van der Waals surface area contributed by atoms with Crippen molar-refractivity contribution < 1.29 is 0 Å². The monoisotopic (exact) mass is 170 g/mol. The molecule has 1 aliphatic rings. The second kappa shape index (κ2) is 3.90. The molecule has 62 valence electrons. The number of amidine groups is 1. The van der Waals surface area contributed by atoms with E-state index in [0.29, 0.717) is 5.25 Å². The van der Waals surface area contributed by atoms with Crippen LogP contribution in [0.5, 0.6) is 0 Å². The molecule has 0 aromatic carbocycles. The van der Waals surface area contributed by atoms with Crippen molar-refractivity contribution in [1.29, 1.82) is 0 Å². The van der Waals surface area contributed by atoms with Gasteiger partial charge in [-0.15, -0.1) is 0 Å². The van der Waals surface area contributed by atoms with E-state index in [1.54, 1.807) is 0 Å². The lowest BCUT2D eigenvalue weighted by Gasteiger charge is -2.04. The van der Waals surface area contributed by atoms with Crippen LogP contribution in [0.2, 0.25) is 0 Å². The Bertz CT molecular complexity index is 196. The maximum absolute atomic E-state index is 4.33. The summed E-state index contributed by atoms with van der Waals surface area (Å²) in [6.45, 7) is 5.05. The van der Waals surface area contributed by atoms with Gasteiger partial charge in [0.05, 0.1) is 6.54 Å². The molecule has 0 bridgehead atoms. The van der Waals surface area contributed by atoms with Crippen LogP contribution in [-0.2, 0) is 0 Å². The fourth-order valence-electron chi connectivity index (χ4n) is 0.947. The smallest absolute Gasteiger partial charge is 0.124 e. The summed E-state index contributed by atoms with van der Waals surface area (Å²) in [5, 5.41) is 0.642. The number of thioether (sulfide) groups is 1. The molecule has 1 aliphatic heterocycles. The summed E-state index contributed by atoms with van der Waals surface area (Å²) in [5.41, 5.74) is 1.15.